The zero-order valence-electron chi connectivity index (χ0n) is 23.8. The normalized spacial score (nSPS) is 20.7. The lowest BCUT2D eigenvalue weighted by atomic mass is 9.94. The highest BCUT2D eigenvalue weighted by Crippen LogP contribution is 2.29. The molecule has 3 amide bonds. The second-order valence-electron chi connectivity index (χ2n) is 10.9. The van der Waals surface area contributed by atoms with Crippen molar-refractivity contribution in [3.05, 3.63) is 65.7 Å². The molecule has 2 heterocycles. The molecular weight excluding hydrogens is 526 g/mol. The predicted molar refractivity (Wildman–Crippen MR) is 151 cm³/mol. The zero-order valence-corrected chi connectivity index (χ0v) is 23.8. The number of amides is 3. The van der Waals surface area contributed by atoms with E-state index in [1.807, 2.05) is 42.5 Å². The van der Waals surface area contributed by atoms with E-state index in [0.29, 0.717) is 38.4 Å². The molecule has 2 aromatic carbocycles. The van der Waals surface area contributed by atoms with E-state index in [9.17, 15) is 19.2 Å². The van der Waals surface area contributed by atoms with Crippen molar-refractivity contribution >= 4 is 23.5 Å². The quantitative estimate of drug-likeness (QED) is 0.315. The largest absolute Gasteiger partial charge is 0.497 e. The molecule has 10 nitrogen and oxygen atoms in total. The first kappa shape index (κ1) is 30.2. The molecule has 2 saturated heterocycles. The van der Waals surface area contributed by atoms with Crippen molar-refractivity contribution < 1.29 is 33.4 Å². The van der Waals surface area contributed by atoms with Gasteiger partial charge in [-0.05, 0) is 56.4 Å². The first-order chi connectivity index (χ1) is 19.7. The summed E-state index contributed by atoms with van der Waals surface area (Å²) in [5.74, 6) is -0.986. The van der Waals surface area contributed by atoms with Gasteiger partial charge in [-0.3, -0.25) is 19.2 Å². The van der Waals surface area contributed by atoms with Crippen LogP contribution in [0.3, 0.4) is 0 Å². The monoisotopic (exact) mass is 565 g/mol. The van der Waals surface area contributed by atoms with E-state index in [4.69, 9.17) is 14.2 Å². The van der Waals surface area contributed by atoms with E-state index in [2.05, 4.69) is 16.0 Å². The molecule has 3 N–H and O–H groups in total. The lowest BCUT2D eigenvalue weighted by Crippen LogP contribution is -2.57. The molecule has 0 aromatic heterocycles. The maximum atomic E-state index is 13.7. The van der Waals surface area contributed by atoms with Crippen molar-refractivity contribution in [2.45, 2.75) is 63.3 Å². The summed E-state index contributed by atoms with van der Waals surface area (Å²) in [4.78, 5) is 52.9. The molecule has 4 atom stereocenters. The van der Waals surface area contributed by atoms with Gasteiger partial charge in [0.05, 0.1) is 19.8 Å². The van der Waals surface area contributed by atoms with Gasteiger partial charge >= 0.3 is 0 Å². The Balaban J connectivity index is 1.49. The van der Waals surface area contributed by atoms with Gasteiger partial charge in [0.1, 0.15) is 23.4 Å². The molecule has 41 heavy (non-hydrogen) atoms. The van der Waals surface area contributed by atoms with Crippen molar-refractivity contribution in [3.8, 4) is 5.75 Å². The van der Waals surface area contributed by atoms with Gasteiger partial charge < -0.3 is 30.2 Å². The average Bonchev–Trinajstić information content (AvgIpc) is 3.75. The number of Topliss-reactive ketones (excluding diaryl/α,β-unsaturated/α-hetero) is 1. The summed E-state index contributed by atoms with van der Waals surface area (Å²) in [7, 11) is 1.56. The fourth-order valence-electron chi connectivity index (χ4n) is 4.81. The van der Waals surface area contributed by atoms with Crippen molar-refractivity contribution in [3.63, 3.8) is 0 Å². The van der Waals surface area contributed by atoms with Crippen LogP contribution in [-0.4, -0.2) is 74.2 Å². The molecule has 0 radical (unpaired) electrons. The van der Waals surface area contributed by atoms with Crippen LogP contribution in [0.5, 0.6) is 5.75 Å². The number of hydrogen-bond acceptors (Lipinski definition) is 7. The number of epoxide rings is 1. The van der Waals surface area contributed by atoms with Gasteiger partial charge in [-0.1, -0.05) is 42.5 Å². The highest BCUT2D eigenvalue weighted by Gasteiger charge is 2.50. The Hall–Kier alpha value is -3.76. The molecule has 2 aliphatic rings. The highest BCUT2D eigenvalue weighted by molar-refractivity contribution is 5.98. The van der Waals surface area contributed by atoms with E-state index < -0.39 is 35.5 Å². The minimum Gasteiger partial charge on any atom is -0.497 e. The fourth-order valence-corrected chi connectivity index (χ4v) is 4.81. The summed E-state index contributed by atoms with van der Waals surface area (Å²) < 4.78 is 15.9. The van der Waals surface area contributed by atoms with Gasteiger partial charge in [-0.15, -0.1) is 0 Å². The van der Waals surface area contributed by atoms with Gasteiger partial charge in [0.2, 0.25) is 17.7 Å². The van der Waals surface area contributed by atoms with E-state index >= 15 is 0 Å². The van der Waals surface area contributed by atoms with Gasteiger partial charge in [-0.25, -0.2) is 0 Å². The van der Waals surface area contributed by atoms with Crippen LogP contribution in [0.25, 0.3) is 0 Å². The SMILES string of the molecule is COc1ccc(C[C@H](NC(=O)[C@@H](C)NC(=O)C2CCOCC2)C(=O)N[C@@H](Cc2ccccc2)C(=O)[C@@]2(C)CO2)cc1. The maximum absolute atomic E-state index is 13.7. The average molecular weight is 566 g/mol. The second-order valence-corrected chi connectivity index (χ2v) is 10.9. The third-order valence-corrected chi connectivity index (χ3v) is 7.59. The van der Waals surface area contributed by atoms with E-state index in [1.54, 1.807) is 33.1 Å². The molecule has 220 valence electrons. The Morgan fingerprint density at radius 1 is 0.878 bits per heavy atom. The lowest BCUT2D eigenvalue weighted by Gasteiger charge is -2.26. The van der Waals surface area contributed by atoms with Crippen LogP contribution >= 0.6 is 0 Å². The molecule has 0 aliphatic carbocycles. The van der Waals surface area contributed by atoms with Crippen molar-refractivity contribution in [2.75, 3.05) is 26.9 Å². The number of carbonyl (C=O) groups excluding carboxylic acids is 4. The molecule has 4 rings (SSSR count). The highest BCUT2D eigenvalue weighted by atomic mass is 16.6. The smallest absolute Gasteiger partial charge is 0.243 e. The van der Waals surface area contributed by atoms with E-state index in [1.165, 1.54) is 0 Å². The molecule has 0 bridgehead atoms. The molecule has 10 heteroatoms. The number of nitrogens with one attached hydrogen (secondary N) is 3. The first-order valence-corrected chi connectivity index (χ1v) is 14.0. The molecule has 0 saturated carbocycles. The Labute approximate surface area is 240 Å². The number of benzene rings is 2. The van der Waals surface area contributed by atoms with Crippen LogP contribution in [0, 0.1) is 5.92 Å². The summed E-state index contributed by atoms with van der Waals surface area (Å²) in [5.41, 5.74) is 0.730. The topological polar surface area (TPSA) is 135 Å². The van der Waals surface area contributed by atoms with E-state index in [-0.39, 0.29) is 30.4 Å². The van der Waals surface area contributed by atoms with Gasteiger partial charge in [0.15, 0.2) is 5.78 Å². The van der Waals surface area contributed by atoms with Crippen molar-refractivity contribution in [2.24, 2.45) is 5.92 Å². The standard InChI is InChI=1S/C31H39N3O7/c1-20(32-29(37)23-13-15-40-16-14-23)28(36)34-26(18-22-9-11-24(39-3)12-10-22)30(38)33-25(27(35)31(2)19-41-31)17-21-7-5-4-6-8-21/h4-12,20,23,25-26H,13-19H2,1-3H3,(H,32,37)(H,33,38)(H,34,36)/t20-,25+,26+,31-/m1/s1. The summed E-state index contributed by atoms with van der Waals surface area (Å²) in [6.45, 7) is 4.61. The Bertz CT molecular complexity index is 1210. The number of hydrogen-bond donors (Lipinski definition) is 3. The fraction of sp³-hybridized carbons (Fsp3) is 0.484. The number of methoxy groups -OCH3 is 1. The van der Waals surface area contributed by atoms with Crippen LogP contribution < -0.4 is 20.7 Å². The summed E-state index contributed by atoms with van der Waals surface area (Å²) in [5, 5.41) is 8.45. The van der Waals surface area contributed by atoms with Crippen LogP contribution in [0.4, 0.5) is 0 Å². The Morgan fingerprint density at radius 2 is 1.46 bits per heavy atom. The van der Waals surface area contributed by atoms with E-state index in [0.717, 1.165) is 11.1 Å². The summed E-state index contributed by atoms with van der Waals surface area (Å²) in [6.07, 6.45) is 1.65. The molecule has 0 unspecified atom stereocenters. The molecule has 2 aliphatic heterocycles. The first-order valence-electron chi connectivity index (χ1n) is 14.0. The van der Waals surface area contributed by atoms with Gasteiger partial charge in [0.25, 0.3) is 0 Å². The Kier molecular flexibility index (Phi) is 10.1. The number of ether oxygens (including phenoxy) is 3. The van der Waals surface area contributed by atoms with Crippen LogP contribution in [-0.2, 0) is 41.5 Å². The van der Waals surface area contributed by atoms with Crippen molar-refractivity contribution in [1.29, 1.82) is 0 Å². The third-order valence-electron chi connectivity index (χ3n) is 7.59. The zero-order chi connectivity index (χ0) is 29.4. The van der Waals surface area contributed by atoms with Crippen LogP contribution in [0.15, 0.2) is 54.6 Å². The molecule has 0 spiro atoms. The van der Waals surface area contributed by atoms with Crippen LogP contribution in [0.2, 0.25) is 0 Å². The predicted octanol–water partition coefficient (Wildman–Crippen LogP) is 1.74. The summed E-state index contributed by atoms with van der Waals surface area (Å²) in [6, 6.07) is 13.9. The van der Waals surface area contributed by atoms with Crippen LogP contribution in [0.1, 0.15) is 37.8 Å². The minimum atomic E-state index is -1.00. The Morgan fingerprint density at radius 3 is 2.07 bits per heavy atom. The third kappa shape index (κ3) is 8.37. The molecule has 2 fully saturated rings. The summed E-state index contributed by atoms with van der Waals surface area (Å²) >= 11 is 0. The van der Waals surface area contributed by atoms with Gasteiger partial charge in [0, 0.05) is 25.6 Å². The minimum absolute atomic E-state index is 0.169. The number of carbonyl (C=O) groups is 4. The number of ketones is 1. The van der Waals surface area contributed by atoms with Crippen molar-refractivity contribution in [1.82, 2.24) is 16.0 Å². The molecular formula is C31H39N3O7. The number of rotatable bonds is 13. The maximum Gasteiger partial charge on any atom is 0.243 e. The van der Waals surface area contributed by atoms with Gasteiger partial charge in [-0.2, -0.15) is 0 Å². The second kappa shape index (κ2) is 13.7. The lowest BCUT2D eigenvalue weighted by molar-refractivity contribution is -0.135. The molecule has 2 aromatic rings.